The van der Waals surface area contributed by atoms with Crippen LogP contribution in [0.1, 0.15) is 19.4 Å². The lowest BCUT2D eigenvalue weighted by Crippen LogP contribution is -2.41. The molecule has 1 amide bonds. The van der Waals surface area contributed by atoms with Crippen molar-refractivity contribution in [3.8, 4) is 0 Å². The third-order valence-corrected chi connectivity index (χ3v) is 4.53. The average Bonchev–Trinajstić information content (AvgIpc) is 2.66. The van der Waals surface area contributed by atoms with E-state index in [0.717, 1.165) is 11.3 Å². The van der Waals surface area contributed by atoms with E-state index >= 15 is 0 Å². The first-order valence-corrected chi connectivity index (χ1v) is 8.88. The van der Waals surface area contributed by atoms with Gasteiger partial charge < -0.3 is 10.2 Å². The van der Waals surface area contributed by atoms with Crippen LogP contribution < -0.4 is 10.2 Å². The van der Waals surface area contributed by atoms with Gasteiger partial charge in [0.15, 0.2) is 0 Å². The van der Waals surface area contributed by atoms with Gasteiger partial charge in [-0.15, -0.1) is 0 Å². The molecule has 144 valence electrons. The van der Waals surface area contributed by atoms with Gasteiger partial charge in [0.2, 0.25) is 5.91 Å². The zero-order valence-corrected chi connectivity index (χ0v) is 16.2. The van der Waals surface area contributed by atoms with Gasteiger partial charge >= 0.3 is 0 Å². The normalized spacial score (nSPS) is 11.9. The van der Waals surface area contributed by atoms with Crippen LogP contribution in [0.4, 0.5) is 17.1 Å². The van der Waals surface area contributed by atoms with Crippen LogP contribution in [0.15, 0.2) is 48.5 Å². The van der Waals surface area contributed by atoms with Crippen molar-refractivity contribution in [1.82, 2.24) is 4.90 Å². The van der Waals surface area contributed by atoms with E-state index in [1.165, 1.54) is 6.07 Å². The minimum absolute atomic E-state index is 0.111. The molecular weight excluding hydrogens is 344 g/mol. The highest BCUT2D eigenvalue weighted by molar-refractivity contribution is 5.96. The summed E-state index contributed by atoms with van der Waals surface area (Å²) in [6, 6.07) is 13.9. The Morgan fingerprint density at radius 1 is 1.15 bits per heavy atom. The number of likely N-dealkylation sites (N-methyl/N-ethyl adjacent to an activating group) is 1. The van der Waals surface area contributed by atoms with Crippen molar-refractivity contribution in [2.24, 2.45) is 0 Å². The molecule has 27 heavy (non-hydrogen) atoms. The molecule has 0 unspecified atom stereocenters. The molecule has 1 atom stereocenters. The van der Waals surface area contributed by atoms with Gasteiger partial charge in [-0.2, -0.15) is 0 Å². The van der Waals surface area contributed by atoms with Gasteiger partial charge in [0, 0.05) is 32.4 Å². The molecule has 0 aliphatic carbocycles. The van der Waals surface area contributed by atoms with E-state index < -0.39 is 11.0 Å². The van der Waals surface area contributed by atoms with E-state index in [1.54, 1.807) is 18.2 Å². The van der Waals surface area contributed by atoms with Gasteiger partial charge in [0.1, 0.15) is 5.69 Å². The second-order valence-electron chi connectivity index (χ2n) is 6.56. The van der Waals surface area contributed by atoms with Crippen molar-refractivity contribution in [1.29, 1.82) is 0 Å². The van der Waals surface area contributed by atoms with E-state index in [0.29, 0.717) is 13.1 Å². The maximum Gasteiger partial charge on any atom is 0.292 e. The molecule has 0 aliphatic rings. The number of rotatable bonds is 8. The Morgan fingerprint density at radius 3 is 2.33 bits per heavy atom. The van der Waals surface area contributed by atoms with Crippen molar-refractivity contribution >= 4 is 23.0 Å². The number of nitrogens with one attached hydrogen (secondary N) is 1. The number of anilines is 2. The Morgan fingerprint density at radius 2 is 1.78 bits per heavy atom. The van der Waals surface area contributed by atoms with Gasteiger partial charge in [-0.05, 0) is 37.2 Å². The van der Waals surface area contributed by atoms with E-state index in [2.05, 4.69) is 5.32 Å². The number of carbonyl (C=O) groups excluding carboxylic acids is 1. The van der Waals surface area contributed by atoms with Crippen molar-refractivity contribution in [3.63, 3.8) is 0 Å². The fourth-order valence-electron chi connectivity index (χ4n) is 2.80. The number of para-hydroxylation sites is 2. The second-order valence-corrected chi connectivity index (χ2v) is 6.56. The highest BCUT2D eigenvalue weighted by Gasteiger charge is 2.23. The monoisotopic (exact) mass is 370 g/mol. The Hall–Kier alpha value is -2.93. The van der Waals surface area contributed by atoms with Crippen LogP contribution in [0, 0.1) is 10.1 Å². The molecule has 0 aliphatic heterocycles. The number of amides is 1. The summed E-state index contributed by atoms with van der Waals surface area (Å²) < 4.78 is 0. The average molecular weight is 370 g/mol. The van der Waals surface area contributed by atoms with Crippen molar-refractivity contribution < 1.29 is 9.72 Å². The number of carbonyl (C=O) groups is 1. The molecule has 0 spiro atoms. The minimum atomic E-state index is -0.496. The maximum atomic E-state index is 12.6. The molecule has 7 heteroatoms. The number of nitrogens with zero attached hydrogens (tertiary/aromatic N) is 3. The molecule has 2 rings (SSSR count). The number of hydrogen-bond donors (Lipinski definition) is 1. The van der Waals surface area contributed by atoms with Gasteiger partial charge in [0.05, 0.1) is 11.0 Å². The molecule has 0 saturated heterocycles. The Bertz CT molecular complexity index is 790. The van der Waals surface area contributed by atoms with Crippen LogP contribution in [-0.4, -0.2) is 42.4 Å². The number of hydrogen-bond acceptors (Lipinski definition) is 5. The van der Waals surface area contributed by atoms with Crippen LogP contribution in [0.3, 0.4) is 0 Å². The summed E-state index contributed by atoms with van der Waals surface area (Å²) in [5, 5.41) is 13.8. The third kappa shape index (κ3) is 5.27. The molecule has 2 aromatic rings. The summed E-state index contributed by atoms with van der Waals surface area (Å²) >= 11 is 0. The summed E-state index contributed by atoms with van der Waals surface area (Å²) in [4.78, 5) is 27.3. The van der Waals surface area contributed by atoms with Crippen LogP contribution in [0.2, 0.25) is 0 Å². The summed E-state index contributed by atoms with van der Waals surface area (Å²) in [5.74, 6) is -0.268. The summed E-state index contributed by atoms with van der Waals surface area (Å²) in [5.41, 5.74) is 2.32. The molecule has 7 nitrogen and oxygen atoms in total. The summed E-state index contributed by atoms with van der Waals surface area (Å²) in [6.07, 6.45) is 0. The van der Waals surface area contributed by atoms with Crippen LogP contribution >= 0.6 is 0 Å². The lowest BCUT2D eigenvalue weighted by Gasteiger charge is -2.27. The van der Waals surface area contributed by atoms with Crippen molar-refractivity contribution in [3.05, 3.63) is 64.2 Å². The molecule has 0 heterocycles. The predicted molar refractivity (Wildman–Crippen MR) is 108 cm³/mol. The Balaban J connectivity index is 2.08. The standard InChI is InChI=1S/C20H26N4O3/c1-5-23(14-16-10-12-17(13-11-16)22(3)4)15(2)20(25)21-18-8-6-7-9-19(18)24(26)27/h6-13,15H,5,14H2,1-4H3,(H,21,25)/t15-/m0/s1. The molecule has 0 radical (unpaired) electrons. The van der Waals surface area contributed by atoms with E-state index in [4.69, 9.17) is 0 Å². The maximum absolute atomic E-state index is 12.6. The highest BCUT2D eigenvalue weighted by Crippen LogP contribution is 2.24. The summed E-state index contributed by atoms with van der Waals surface area (Å²) in [7, 11) is 3.98. The smallest absolute Gasteiger partial charge is 0.292 e. The minimum Gasteiger partial charge on any atom is -0.378 e. The zero-order chi connectivity index (χ0) is 20.0. The lowest BCUT2D eigenvalue weighted by molar-refractivity contribution is -0.383. The molecule has 0 saturated carbocycles. The fourth-order valence-corrected chi connectivity index (χ4v) is 2.80. The van der Waals surface area contributed by atoms with Crippen LogP contribution in [0.5, 0.6) is 0 Å². The van der Waals surface area contributed by atoms with Gasteiger partial charge in [-0.3, -0.25) is 19.8 Å². The molecule has 2 aromatic carbocycles. The highest BCUT2D eigenvalue weighted by atomic mass is 16.6. The van der Waals surface area contributed by atoms with Crippen LogP contribution in [-0.2, 0) is 11.3 Å². The first kappa shape index (κ1) is 20.4. The first-order chi connectivity index (χ1) is 12.8. The molecule has 0 bridgehead atoms. The van der Waals surface area contributed by atoms with Crippen molar-refractivity contribution in [2.45, 2.75) is 26.4 Å². The van der Waals surface area contributed by atoms with Gasteiger partial charge in [-0.25, -0.2) is 0 Å². The predicted octanol–water partition coefficient (Wildman–Crippen LogP) is 3.51. The van der Waals surface area contributed by atoms with Gasteiger partial charge in [-0.1, -0.05) is 31.2 Å². The Kier molecular flexibility index (Phi) is 6.90. The second kappa shape index (κ2) is 9.14. The number of benzene rings is 2. The van der Waals surface area contributed by atoms with E-state index in [1.807, 2.05) is 62.0 Å². The first-order valence-electron chi connectivity index (χ1n) is 8.88. The molecule has 0 fully saturated rings. The molecular formula is C20H26N4O3. The largest absolute Gasteiger partial charge is 0.378 e. The van der Waals surface area contributed by atoms with Crippen molar-refractivity contribution in [2.75, 3.05) is 30.9 Å². The van der Waals surface area contributed by atoms with E-state index in [-0.39, 0.29) is 17.3 Å². The zero-order valence-electron chi connectivity index (χ0n) is 16.2. The van der Waals surface area contributed by atoms with E-state index in [9.17, 15) is 14.9 Å². The van der Waals surface area contributed by atoms with Gasteiger partial charge in [0.25, 0.3) is 5.69 Å². The quantitative estimate of drug-likeness (QED) is 0.568. The Labute approximate surface area is 159 Å². The lowest BCUT2D eigenvalue weighted by atomic mass is 10.1. The SMILES string of the molecule is CCN(Cc1ccc(N(C)C)cc1)[C@@H](C)C(=O)Nc1ccccc1[N+](=O)[O-]. The fraction of sp³-hybridized carbons (Fsp3) is 0.350. The van der Waals surface area contributed by atoms with Crippen LogP contribution in [0.25, 0.3) is 0 Å². The molecule has 0 aromatic heterocycles. The third-order valence-electron chi connectivity index (χ3n) is 4.53. The number of nitro benzene ring substituents is 1. The number of nitro groups is 1. The molecule has 1 N–H and O–H groups in total. The summed E-state index contributed by atoms with van der Waals surface area (Å²) in [6.45, 7) is 5.10. The topological polar surface area (TPSA) is 78.7 Å².